The monoisotopic (exact) mass is 442 g/mol. The molecule has 7 nitrogen and oxygen atoms in total. The molecule has 2 atom stereocenters. The van der Waals surface area contributed by atoms with Crippen LogP contribution in [0.3, 0.4) is 0 Å². The van der Waals surface area contributed by atoms with Gasteiger partial charge >= 0.3 is 14.0 Å². The van der Waals surface area contributed by atoms with Gasteiger partial charge in [0.25, 0.3) is 0 Å². The Morgan fingerprint density at radius 2 is 1.38 bits per heavy atom. The summed E-state index contributed by atoms with van der Waals surface area (Å²) in [6.45, 7) is 3.22. The number of phosphoric ester groups is 1. The molecule has 0 heterocycles. The minimum absolute atomic E-state index is 0.0309. The van der Waals surface area contributed by atoms with E-state index < -0.39 is 26.2 Å². The molecule has 0 radical (unpaired) electrons. The molecule has 0 spiro atoms. The fourth-order valence-electron chi connectivity index (χ4n) is 2.17. The molecule has 0 aliphatic carbocycles. The summed E-state index contributed by atoms with van der Waals surface area (Å²) in [6, 6.07) is 18.1. The molecular formula is C20H24ClO7P. The maximum atomic E-state index is 13.2. The Kier molecular flexibility index (Phi) is 9.64. The highest BCUT2D eigenvalue weighted by Gasteiger charge is 2.33. The number of hydrogen-bond acceptors (Lipinski definition) is 7. The van der Waals surface area contributed by atoms with E-state index in [0.717, 1.165) is 11.1 Å². The SMILES string of the molecule is C[C@H](OC(=O)OCCl)[C@@H](C)OP(=O)(OCc1ccccc1)OCc1ccccc1. The van der Waals surface area contributed by atoms with Gasteiger partial charge in [0.05, 0.1) is 13.2 Å². The summed E-state index contributed by atoms with van der Waals surface area (Å²) in [5.74, 6) is 0. The highest BCUT2D eigenvalue weighted by Crippen LogP contribution is 2.52. The van der Waals surface area contributed by atoms with Crippen molar-refractivity contribution in [2.45, 2.75) is 39.3 Å². The van der Waals surface area contributed by atoms with E-state index in [1.165, 1.54) is 0 Å². The summed E-state index contributed by atoms with van der Waals surface area (Å²) in [5, 5.41) is 0. The number of phosphoric acid groups is 1. The standard InChI is InChI=1S/C20H24ClO7P/c1-16(27-20(22)24-15-21)17(2)28-29(23,25-13-18-9-5-3-6-10-18)26-14-19-11-7-4-8-12-19/h3-12,16-17H,13-15H2,1-2H3/t16-,17+/m0/s1. The lowest BCUT2D eigenvalue weighted by atomic mass is 10.2. The minimum atomic E-state index is -3.98. The Hall–Kier alpha value is -1.89. The van der Waals surface area contributed by atoms with E-state index in [4.69, 9.17) is 29.9 Å². The Morgan fingerprint density at radius 1 is 0.897 bits per heavy atom. The van der Waals surface area contributed by atoms with E-state index in [0.29, 0.717) is 0 Å². The third kappa shape index (κ3) is 8.56. The maximum absolute atomic E-state index is 13.2. The molecule has 9 heteroatoms. The van der Waals surface area contributed by atoms with Gasteiger partial charge in [-0.05, 0) is 25.0 Å². The second-order valence-electron chi connectivity index (χ2n) is 6.10. The summed E-state index contributed by atoms with van der Waals surface area (Å²) in [6.07, 6.45) is -2.52. The zero-order valence-electron chi connectivity index (χ0n) is 16.2. The first kappa shape index (κ1) is 23.4. The molecule has 0 amide bonds. The van der Waals surface area contributed by atoms with Gasteiger partial charge in [-0.1, -0.05) is 72.3 Å². The van der Waals surface area contributed by atoms with Crippen molar-refractivity contribution in [1.29, 1.82) is 0 Å². The maximum Gasteiger partial charge on any atom is 0.509 e. The Balaban J connectivity index is 2.03. The van der Waals surface area contributed by atoms with Gasteiger partial charge in [-0.3, -0.25) is 13.6 Å². The van der Waals surface area contributed by atoms with Gasteiger partial charge in [-0.2, -0.15) is 0 Å². The van der Waals surface area contributed by atoms with Crippen LogP contribution in [0, 0.1) is 0 Å². The van der Waals surface area contributed by atoms with Gasteiger partial charge < -0.3 is 9.47 Å². The number of halogens is 1. The molecule has 2 aromatic carbocycles. The number of ether oxygens (including phenoxy) is 2. The third-order valence-corrected chi connectivity index (χ3v) is 5.47. The Bertz CT molecular complexity index is 740. The number of benzene rings is 2. The molecule has 0 aromatic heterocycles. The van der Waals surface area contributed by atoms with Crippen LogP contribution in [0.4, 0.5) is 4.79 Å². The zero-order valence-corrected chi connectivity index (χ0v) is 17.9. The summed E-state index contributed by atoms with van der Waals surface area (Å²) < 4.78 is 39.4. The van der Waals surface area contributed by atoms with Crippen LogP contribution >= 0.6 is 19.4 Å². The molecule has 0 saturated carbocycles. The van der Waals surface area contributed by atoms with Crippen LogP contribution in [0.25, 0.3) is 0 Å². The molecule has 2 rings (SSSR count). The second-order valence-corrected chi connectivity index (χ2v) is 7.94. The van der Waals surface area contributed by atoms with Crippen LogP contribution in [0.2, 0.25) is 0 Å². The second kappa shape index (κ2) is 12.0. The molecule has 0 unspecified atom stereocenters. The Morgan fingerprint density at radius 3 is 1.83 bits per heavy atom. The average molecular weight is 443 g/mol. The van der Waals surface area contributed by atoms with Crippen molar-refractivity contribution in [3.8, 4) is 0 Å². The van der Waals surface area contributed by atoms with Crippen LogP contribution in [0.15, 0.2) is 60.7 Å². The molecule has 0 saturated heterocycles. The first-order valence-electron chi connectivity index (χ1n) is 8.96. The van der Waals surface area contributed by atoms with Gasteiger partial charge in [0.2, 0.25) is 0 Å². The van der Waals surface area contributed by atoms with Gasteiger partial charge in [0, 0.05) is 0 Å². The average Bonchev–Trinajstić information content (AvgIpc) is 2.72. The smallest absolute Gasteiger partial charge is 0.428 e. The van der Waals surface area contributed by atoms with Crippen molar-refractivity contribution in [3.63, 3.8) is 0 Å². The Labute approximate surface area is 175 Å². The highest BCUT2D eigenvalue weighted by molar-refractivity contribution is 7.48. The number of carbonyl (C=O) groups excluding carboxylic acids is 1. The zero-order chi connectivity index (χ0) is 21.1. The van der Waals surface area contributed by atoms with Crippen LogP contribution in [0.1, 0.15) is 25.0 Å². The van der Waals surface area contributed by atoms with Crippen LogP contribution in [-0.4, -0.2) is 24.4 Å². The fraction of sp³-hybridized carbons (Fsp3) is 0.350. The summed E-state index contributed by atoms with van der Waals surface area (Å²) in [5.41, 5.74) is 1.62. The van der Waals surface area contributed by atoms with Crippen LogP contribution in [-0.2, 0) is 40.8 Å². The van der Waals surface area contributed by atoms with E-state index >= 15 is 0 Å². The van der Waals surface area contributed by atoms with E-state index in [2.05, 4.69) is 4.74 Å². The molecule has 2 aromatic rings. The normalized spacial score (nSPS) is 13.5. The quantitative estimate of drug-likeness (QED) is 0.252. The van der Waals surface area contributed by atoms with Gasteiger partial charge in [-0.25, -0.2) is 9.36 Å². The lowest BCUT2D eigenvalue weighted by Gasteiger charge is -2.25. The van der Waals surface area contributed by atoms with Crippen molar-refractivity contribution >= 4 is 25.6 Å². The first-order valence-corrected chi connectivity index (χ1v) is 11.0. The molecule has 0 aliphatic heterocycles. The third-order valence-electron chi connectivity index (χ3n) is 3.88. The lowest BCUT2D eigenvalue weighted by molar-refractivity contribution is -0.0209. The van der Waals surface area contributed by atoms with E-state index in [-0.39, 0.29) is 19.3 Å². The molecule has 29 heavy (non-hydrogen) atoms. The predicted octanol–water partition coefficient (Wildman–Crippen LogP) is 5.67. The topological polar surface area (TPSA) is 80.3 Å². The molecular weight excluding hydrogens is 419 g/mol. The van der Waals surface area contributed by atoms with E-state index in [9.17, 15) is 9.36 Å². The van der Waals surface area contributed by atoms with Crippen molar-refractivity contribution < 1.29 is 32.4 Å². The van der Waals surface area contributed by atoms with Crippen molar-refractivity contribution in [3.05, 3.63) is 71.8 Å². The lowest BCUT2D eigenvalue weighted by Crippen LogP contribution is -2.28. The summed E-state index contributed by atoms with van der Waals surface area (Å²) >= 11 is 5.33. The van der Waals surface area contributed by atoms with E-state index in [1.807, 2.05) is 60.7 Å². The van der Waals surface area contributed by atoms with Crippen molar-refractivity contribution in [2.24, 2.45) is 0 Å². The molecule has 0 bridgehead atoms. The molecule has 0 fully saturated rings. The number of alkyl halides is 1. The highest BCUT2D eigenvalue weighted by atomic mass is 35.5. The fourth-order valence-corrected chi connectivity index (χ4v) is 3.65. The van der Waals surface area contributed by atoms with Gasteiger partial charge in [0.1, 0.15) is 12.2 Å². The predicted molar refractivity (Wildman–Crippen MR) is 108 cm³/mol. The summed E-state index contributed by atoms with van der Waals surface area (Å²) in [4.78, 5) is 11.4. The minimum Gasteiger partial charge on any atom is -0.428 e. The van der Waals surface area contributed by atoms with E-state index in [1.54, 1.807) is 13.8 Å². The number of hydrogen-bond donors (Lipinski definition) is 0. The van der Waals surface area contributed by atoms with Crippen LogP contribution < -0.4 is 0 Å². The molecule has 0 aliphatic rings. The largest absolute Gasteiger partial charge is 0.509 e. The molecule has 158 valence electrons. The summed E-state index contributed by atoms with van der Waals surface area (Å²) in [7, 11) is -3.98. The van der Waals surface area contributed by atoms with Crippen molar-refractivity contribution in [1.82, 2.24) is 0 Å². The van der Waals surface area contributed by atoms with Crippen LogP contribution in [0.5, 0.6) is 0 Å². The molecule has 0 N–H and O–H groups in total. The van der Waals surface area contributed by atoms with Gasteiger partial charge in [-0.15, -0.1) is 0 Å². The van der Waals surface area contributed by atoms with Gasteiger partial charge in [0.15, 0.2) is 6.07 Å². The number of carbonyl (C=O) groups is 1. The van der Waals surface area contributed by atoms with Crippen molar-refractivity contribution in [2.75, 3.05) is 6.07 Å². The first-order chi connectivity index (χ1) is 13.9. The number of rotatable bonds is 11.